The number of hydrogen-bond acceptors (Lipinski definition) is 5. The maximum atomic E-state index is 14.0. The van der Waals surface area contributed by atoms with Gasteiger partial charge in [-0.05, 0) is 36.4 Å². The van der Waals surface area contributed by atoms with Crippen molar-refractivity contribution >= 4 is 18.6 Å². The average molecular weight is 373 g/mol. The van der Waals surface area contributed by atoms with Crippen molar-refractivity contribution in [1.82, 2.24) is 0 Å². The lowest BCUT2D eigenvalue weighted by molar-refractivity contribution is -0.387. The molecule has 3 rings (SSSR count). The first-order valence-electron chi connectivity index (χ1n) is 7.52. The van der Waals surface area contributed by atoms with Crippen LogP contribution in [0, 0.1) is 15.9 Å². The molecular weight excluding hydrogens is 360 g/mol. The molecule has 3 aromatic carbocycles. The first kappa shape index (κ1) is 17.6. The Hall–Kier alpha value is -3.18. The van der Waals surface area contributed by atoms with Gasteiger partial charge in [-0.3, -0.25) is 10.1 Å². The van der Waals surface area contributed by atoms with E-state index >= 15 is 0 Å². The van der Waals surface area contributed by atoms with E-state index in [1.54, 1.807) is 60.7 Å². The summed E-state index contributed by atoms with van der Waals surface area (Å²) in [7, 11) is -4.06. The fraction of sp³-hybridized carbons (Fsp3) is 0. The van der Waals surface area contributed by atoms with E-state index in [1.165, 1.54) is 0 Å². The highest BCUT2D eigenvalue weighted by Crippen LogP contribution is 2.47. The minimum atomic E-state index is -4.06. The third kappa shape index (κ3) is 3.90. The van der Waals surface area contributed by atoms with Crippen LogP contribution in [0.2, 0.25) is 0 Å². The zero-order valence-corrected chi connectivity index (χ0v) is 14.2. The number of halogens is 1. The van der Waals surface area contributed by atoms with Crippen LogP contribution in [0.5, 0.6) is 11.5 Å². The second-order valence-corrected chi connectivity index (χ2v) is 7.08. The van der Waals surface area contributed by atoms with Crippen LogP contribution in [0.4, 0.5) is 10.1 Å². The molecule has 0 atom stereocenters. The molecule has 0 heterocycles. The Balaban J connectivity index is 2.04. The Morgan fingerprint density at radius 1 is 0.846 bits per heavy atom. The van der Waals surface area contributed by atoms with E-state index in [0.29, 0.717) is 0 Å². The average Bonchev–Trinajstić information content (AvgIpc) is 2.63. The van der Waals surface area contributed by atoms with Crippen molar-refractivity contribution in [2.24, 2.45) is 0 Å². The minimum absolute atomic E-state index is 0.131. The molecule has 0 unspecified atom stereocenters. The summed E-state index contributed by atoms with van der Waals surface area (Å²) in [4.78, 5) is 9.94. The summed E-state index contributed by atoms with van der Waals surface area (Å²) in [6.45, 7) is 0. The van der Waals surface area contributed by atoms with Gasteiger partial charge in [0.15, 0.2) is 0 Å². The lowest BCUT2D eigenvalue weighted by Gasteiger charge is -2.20. The van der Waals surface area contributed by atoms with Crippen molar-refractivity contribution in [2.45, 2.75) is 0 Å². The topological polar surface area (TPSA) is 78.7 Å². The third-order valence-corrected chi connectivity index (χ3v) is 5.19. The summed E-state index contributed by atoms with van der Waals surface area (Å²) in [6, 6.07) is 19.4. The third-order valence-electron chi connectivity index (χ3n) is 3.38. The van der Waals surface area contributed by atoms with Crippen molar-refractivity contribution in [2.75, 3.05) is 0 Å². The first-order valence-corrected chi connectivity index (χ1v) is 9.06. The molecule has 0 N–H and O–H groups in total. The molecular formula is C18H13FNO5P. The largest absolute Gasteiger partial charge is 0.462 e. The molecule has 0 saturated heterocycles. The summed E-state index contributed by atoms with van der Waals surface area (Å²) >= 11 is 0. The van der Waals surface area contributed by atoms with Gasteiger partial charge in [-0.1, -0.05) is 36.4 Å². The van der Waals surface area contributed by atoms with Crippen LogP contribution in [0.1, 0.15) is 0 Å². The Bertz CT molecular complexity index is 920. The van der Waals surface area contributed by atoms with E-state index in [0.717, 1.165) is 18.2 Å². The Morgan fingerprint density at radius 2 is 1.35 bits per heavy atom. The van der Waals surface area contributed by atoms with Gasteiger partial charge in [0.05, 0.1) is 10.2 Å². The number of nitro groups is 1. The van der Waals surface area contributed by atoms with Gasteiger partial charge in [-0.15, -0.1) is 0 Å². The molecule has 6 nitrogen and oxygen atoms in total. The lowest BCUT2D eigenvalue weighted by atomic mass is 10.3. The SMILES string of the molecule is O=[N+]([O-])c1ccc(P(=O)(Oc2ccccc2)Oc2ccccc2)cc1F. The fourth-order valence-electron chi connectivity index (χ4n) is 2.18. The number of para-hydroxylation sites is 2. The summed E-state index contributed by atoms with van der Waals surface area (Å²) < 4.78 is 38.5. The maximum Gasteiger partial charge on any atom is 0.462 e. The highest BCUT2D eigenvalue weighted by Gasteiger charge is 2.33. The standard InChI is InChI=1S/C18H13FNO5P/c19-17-13-16(11-12-18(17)20(21)22)26(23,24-14-7-3-1-4-8-14)25-15-9-5-2-6-10-15/h1-13H. The van der Waals surface area contributed by atoms with Gasteiger partial charge in [0.2, 0.25) is 5.82 Å². The van der Waals surface area contributed by atoms with E-state index in [4.69, 9.17) is 9.05 Å². The number of nitrogens with zero attached hydrogens (tertiary/aromatic N) is 1. The van der Waals surface area contributed by atoms with Crippen molar-refractivity contribution < 1.29 is 22.9 Å². The van der Waals surface area contributed by atoms with Crippen molar-refractivity contribution in [3.63, 3.8) is 0 Å². The van der Waals surface area contributed by atoms with Gasteiger partial charge in [0.1, 0.15) is 11.5 Å². The summed E-state index contributed by atoms with van der Waals surface area (Å²) in [5.41, 5.74) is -0.722. The van der Waals surface area contributed by atoms with Gasteiger partial charge in [-0.25, -0.2) is 4.57 Å². The summed E-state index contributed by atoms with van der Waals surface area (Å²) in [5, 5.41) is 10.7. The zero-order chi connectivity index (χ0) is 18.6. The summed E-state index contributed by atoms with van der Waals surface area (Å²) in [5.74, 6) is -0.614. The van der Waals surface area contributed by atoms with E-state index < -0.39 is 24.0 Å². The molecule has 0 spiro atoms. The van der Waals surface area contributed by atoms with Crippen LogP contribution < -0.4 is 14.4 Å². The van der Waals surface area contributed by atoms with Gasteiger partial charge >= 0.3 is 13.3 Å². The van der Waals surface area contributed by atoms with Crippen molar-refractivity contribution in [3.05, 3.63) is 94.8 Å². The van der Waals surface area contributed by atoms with Crippen LogP contribution >= 0.6 is 7.60 Å². The number of nitro benzene ring substituents is 1. The van der Waals surface area contributed by atoms with Crippen molar-refractivity contribution in [3.8, 4) is 11.5 Å². The highest BCUT2D eigenvalue weighted by atomic mass is 31.2. The molecule has 0 bridgehead atoms. The maximum absolute atomic E-state index is 14.0. The molecule has 0 fully saturated rings. The predicted molar refractivity (Wildman–Crippen MR) is 94.4 cm³/mol. The Labute approximate surface area is 148 Å². The second-order valence-electron chi connectivity index (χ2n) is 5.20. The normalized spacial score (nSPS) is 11.0. The molecule has 0 aliphatic heterocycles. The summed E-state index contributed by atoms with van der Waals surface area (Å²) in [6.07, 6.45) is 0. The highest BCUT2D eigenvalue weighted by molar-refractivity contribution is 7.63. The molecule has 0 radical (unpaired) electrons. The zero-order valence-electron chi connectivity index (χ0n) is 13.3. The van der Waals surface area contributed by atoms with E-state index in [2.05, 4.69) is 0 Å². The molecule has 0 aromatic heterocycles. The van der Waals surface area contributed by atoms with Gasteiger partial charge in [0.25, 0.3) is 0 Å². The van der Waals surface area contributed by atoms with Crippen LogP contribution in [0.15, 0.2) is 78.9 Å². The van der Waals surface area contributed by atoms with Crippen LogP contribution in [-0.4, -0.2) is 4.92 Å². The molecule has 0 aliphatic rings. The fourth-order valence-corrected chi connectivity index (χ4v) is 3.75. The Kier molecular flexibility index (Phi) is 5.00. The van der Waals surface area contributed by atoms with Crippen LogP contribution in [-0.2, 0) is 4.57 Å². The quantitative estimate of drug-likeness (QED) is 0.355. The smallest absolute Gasteiger partial charge is 0.413 e. The lowest BCUT2D eigenvalue weighted by Crippen LogP contribution is -2.16. The van der Waals surface area contributed by atoms with Gasteiger partial charge in [-0.2, -0.15) is 4.39 Å². The predicted octanol–water partition coefficient (Wildman–Crippen LogP) is 4.71. The van der Waals surface area contributed by atoms with Crippen LogP contribution in [0.3, 0.4) is 0 Å². The molecule has 132 valence electrons. The monoisotopic (exact) mass is 373 g/mol. The molecule has 3 aromatic rings. The number of hydrogen-bond donors (Lipinski definition) is 0. The van der Waals surface area contributed by atoms with E-state index in [-0.39, 0.29) is 16.8 Å². The minimum Gasteiger partial charge on any atom is -0.413 e. The first-order chi connectivity index (χ1) is 12.5. The molecule has 0 aliphatic carbocycles. The van der Waals surface area contributed by atoms with E-state index in [1.807, 2.05) is 0 Å². The van der Waals surface area contributed by atoms with Gasteiger partial charge in [0, 0.05) is 6.07 Å². The second kappa shape index (κ2) is 7.37. The molecule has 8 heteroatoms. The van der Waals surface area contributed by atoms with Gasteiger partial charge < -0.3 is 9.05 Å². The molecule has 0 amide bonds. The molecule has 0 saturated carbocycles. The van der Waals surface area contributed by atoms with E-state index in [9.17, 15) is 19.1 Å². The Morgan fingerprint density at radius 3 is 1.77 bits per heavy atom. The van der Waals surface area contributed by atoms with Crippen molar-refractivity contribution in [1.29, 1.82) is 0 Å². The molecule has 26 heavy (non-hydrogen) atoms. The number of rotatable bonds is 6. The number of benzene rings is 3. The van der Waals surface area contributed by atoms with Crippen LogP contribution in [0.25, 0.3) is 0 Å².